The van der Waals surface area contributed by atoms with E-state index in [1.165, 1.54) is 7.11 Å². The highest BCUT2D eigenvalue weighted by molar-refractivity contribution is 5.43. The molecule has 2 aromatic rings. The van der Waals surface area contributed by atoms with Crippen molar-refractivity contribution < 1.29 is 14.6 Å². The highest BCUT2D eigenvalue weighted by Crippen LogP contribution is 2.33. The molecule has 2 aromatic carbocycles. The molecule has 5 nitrogen and oxygen atoms in total. The van der Waals surface area contributed by atoms with Crippen molar-refractivity contribution in [3.8, 4) is 17.6 Å². The lowest BCUT2D eigenvalue weighted by atomic mass is 10.0. The van der Waals surface area contributed by atoms with Gasteiger partial charge in [-0.05, 0) is 23.3 Å². The predicted molar refractivity (Wildman–Crippen MR) is 89.7 cm³/mol. The quantitative estimate of drug-likeness (QED) is 0.936. The number of nitrogens with zero attached hydrogens (tertiary/aromatic N) is 2. The number of hydrogen-bond acceptors (Lipinski definition) is 5. The Labute approximate surface area is 141 Å². The fourth-order valence-electron chi connectivity index (χ4n) is 3.02. The Bertz CT molecular complexity index is 727. The van der Waals surface area contributed by atoms with E-state index in [0.29, 0.717) is 25.4 Å². The topological polar surface area (TPSA) is 65.7 Å². The number of nitriles is 1. The van der Waals surface area contributed by atoms with Crippen LogP contribution >= 0.6 is 0 Å². The van der Waals surface area contributed by atoms with Crippen LogP contribution in [0, 0.1) is 11.3 Å². The molecule has 0 aromatic heterocycles. The Balaban J connectivity index is 1.80. The molecule has 5 heteroatoms. The van der Waals surface area contributed by atoms with E-state index in [2.05, 4.69) is 11.0 Å². The maximum atomic E-state index is 9.99. The summed E-state index contributed by atoms with van der Waals surface area (Å²) in [6.45, 7) is 1.88. The third-order valence-electron chi connectivity index (χ3n) is 4.28. The average molecular weight is 324 g/mol. The fraction of sp³-hybridized carbons (Fsp3) is 0.316. The molecule has 0 aliphatic carbocycles. The maximum absolute atomic E-state index is 9.99. The van der Waals surface area contributed by atoms with E-state index in [0.717, 1.165) is 11.1 Å². The number of phenolic OH excluding ortho intramolecular Hbond substituents is 1. The number of benzene rings is 2. The third kappa shape index (κ3) is 3.35. The second-order valence-electron chi connectivity index (χ2n) is 5.73. The molecule has 0 saturated carbocycles. The number of rotatable bonds is 4. The van der Waals surface area contributed by atoms with Crippen molar-refractivity contribution in [3.05, 3.63) is 59.7 Å². The van der Waals surface area contributed by atoms with Crippen LogP contribution in [0.5, 0.6) is 11.5 Å². The molecule has 1 fully saturated rings. The highest BCUT2D eigenvalue weighted by Gasteiger charge is 2.28. The number of phenols is 1. The molecular weight excluding hydrogens is 304 g/mol. The van der Waals surface area contributed by atoms with Gasteiger partial charge in [-0.3, -0.25) is 4.90 Å². The standard InChI is InChI=1S/C19H20N2O3/c1-23-18-8-7-15(11-17(18)22)16(12-20)21-9-10-24-19(13-21)14-5-3-2-4-6-14/h2-8,11,16,19,22H,9-10,13H2,1H3/t16-,19+/m1/s1. The number of morpholine rings is 1. The van der Waals surface area contributed by atoms with Crippen LogP contribution in [-0.4, -0.2) is 36.8 Å². The van der Waals surface area contributed by atoms with Crippen LogP contribution in [0.15, 0.2) is 48.5 Å². The molecule has 24 heavy (non-hydrogen) atoms. The SMILES string of the molecule is COc1ccc([C@@H](C#N)N2CCO[C@H](c3ccccc3)C2)cc1O. The zero-order valence-corrected chi connectivity index (χ0v) is 13.6. The zero-order valence-electron chi connectivity index (χ0n) is 13.6. The first-order valence-corrected chi connectivity index (χ1v) is 7.90. The summed E-state index contributed by atoms with van der Waals surface area (Å²) >= 11 is 0. The van der Waals surface area contributed by atoms with Gasteiger partial charge in [0.15, 0.2) is 11.5 Å². The molecule has 1 N–H and O–H groups in total. The van der Waals surface area contributed by atoms with Crippen molar-refractivity contribution in [2.75, 3.05) is 26.8 Å². The van der Waals surface area contributed by atoms with Gasteiger partial charge >= 0.3 is 0 Å². The summed E-state index contributed by atoms with van der Waals surface area (Å²) in [6, 6.07) is 17.0. The second-order valence-corrected chi connectivity index (χ2v) is 5.73. The van der Waals surface area contributed by atoms with Gasteiger partial charge in [-0.2, -0.15) is 5.26 Å². The zero-order chi connectivity index (χ0) is 16.9. The van der Waals surface area contributed by atoms with Gasteiger partial charge in [0.2, 0.25) is 0 Å². The van der Waals surface area contributed by atoms with Crippen molar-refractivity contribution in [1.82, 2.24) is 4.90 Å². The van der Waals surface area contributed by atoms with Crippen LogP contribution in [0.25, 0.3) is 0 Å². The first kappa shape index (κ1) is 16.3. The van der Waals surface area contributed by atoms with E-state index in [9.17, 15) is 10.4 Å². The molecule has 1 aliphatic heterocycles. The third-order valence-corrected chi connectivity index (χ3v) is 4.28. The summed E-state index contributed by atoms with van der Waals surface area (Å²) in [5.41, 5.74) is 1.86. The van der Waals surface area contributed by atoms with Gasteiger partial charge in [0, 0.05) is 13.1 Å². The minimum absolute atomic E-state index is 0.0446. The Morgan fingerprint density at radius 1 is 1.29 bits per heavy atom. The molecule has 124 valence electrons. The molecule has 0 bridgehead atoms. The largest absolute Gasteiger partial charge is 0.504 e. The van der Waals surface area contributed by atoms with Gasteiger partial charge in [0.25, 0.3) is 0 Å². The monoisotopic (exact) mass is 324 g/mol. The minimum atomic E-state index is -0.433. The van der Waals surface area contributed by atoms with Gasteiger partial charge in [0.1, 0.15) is 6.04 Å². The molecular formula is C19H20N2O3. The van der Waals surface area contributed by atoms with Crippen LogP contribution in [0.4, 0.5) is 0 Å². The van der Waals surface area contributed by atoms with Crippen LogP contribution < -0.4 is 4.74 Å². The summed E-state index contributed by atoms with van der Waals surface area (Å²) in [4.78, 5) is 2.09. The van der Waals surface area contributed by atoms with Crippen LogP contribution in [0.2, 0.25) is 0 Å². The van der Waals surface area contributed by atoms with Crippen LogP contribution in [0.1, 0.15) is 23.3 Å². The summed E-state index contributed by atoms with van der Waals surface area (Å²) in [6.07, 6.45) is -0.0531. The summed E-state index contributed by atoms with van der Waals surface area (Å²) in [5, 5.41) is 19.6. The van der Waals surface area contributed by atoms with Crippen LogP contribution in [-0.2, 0) is 4.74 Å². The summed E-state index contributed by atoms with van der Waals surface area (Å²) in [7, 11) is 1.50. The van der Waals surface area contributed by atoms with Crippen molar-refractivity contribution >= 4 is 0 Å². The normalized spacial score (nSPS) is 19.4. The minimum Gasteiger partial charge on any atom is -0.504 e. The van der Waals surface area contributed by atoms with Gasteiger partial charge < -0.3 is 14.6 Å². The van der Waals surface area contributed by atoms with E-state index < -0.39 is 6.04 Å². The smallest absolute Gasteiger partial charge is 0.160 e. The number of methoxy groups -OCH3 is 1. The lowest BCUT2D eigenvalue weighted by Crippen LogP contribution is -2.40. The van der Waals surface area contributed by atoms with Crippen molar-refractivity contribution in [2.45, 2.75) is 12.1 Å². The van der Waals surface area contributed by atoms with Crippen molar-refractivity contribution in [1.29, 1.82) is 5.26 Å². The Morgan fingerprint density at radius 3 is 2.75 bits per heavy atom. The van der Waals surface area contributed by atoms with Gasteiger partial charge in [0.05, 0.1) is 25.9 Å². The van der Waals surface area contributed by atoms with Crippen LogP contribution in [0.3, 0.4) is 0 Å². The number of hydrogen-bond donors (Lipinski definition) is 1. The van der Waals surface area contributed by atoms with Crippen molar-refractivity contribution in [2.24, 2.45) is 0 Å². The Kier molecular flexibility index (Phi) is 4.99. The molecule has 1 saturated heterocycles. The summed E-state index contributed by atoms with van der Waals surface area (Å²) < 4.78 is 10.9. The van der Waals surface area contributed by atoms with E-state index >= 15 is 0 Å². The van der Waals surface area contributed by atoms with Gasteiger partial charge in [-0.25, -0.2) is 0 Å². The number of aromatic hydroxyl groups is 1. The van der Waals surface area contributed by atoms with E-state index in [1.807, 2.05) is 36.4 Å². The molecule has 2 atom stereocenters. The maximum Gasteiger partial charge on any atom is 0.160 e. The number of ether oxygens (including phenoxy) is 2. The van der Waals surface area contributed by atoms with E-state index in [-0.39, 0.29) is 11.9 Å². The lowest BCUT2D eigenvalue weighted by Gasteiger charge is -2.36. The predicted octanol–water partition coefficient (Wildman–Crippen LogP) is 3.04. The summed E-state index contributed by atoms with van der Waals surface area (Å²) in [5.74, 6) is 0.447. The Morgan fingerprint density at radius 2 is 2.08 bits per heavy atom. The molecule has 1 heterocycles. The lowest BCUT2D eigenvalue weighted by molar-refractivity contribution is -0.0383. The average Bonchev–Trinajstić information content (AvgIpc) is 2.63. The molecule has 0 spiro atoms. The first-order valence-electron chi connectivity index (χ1n) is 7.90. The van der Waals surface area contributed by atoms with Gasteiger partial charge in [-0.1, -0.05) is 36.4 Å². The molecule has 0 unspecified atom stereocenters. The Hall–Kier alpha value is -2.55. The van der Waals surface area contributed by atoms with E-state index in [1.54, 1.807) is 12.1 Å². The molecule has 3 rings (SSSR count). The van der Waals surface area contributed by atoms with E-state index in [4.69, 9.17) is 9.47 Å². The van der Waals surface area contributed by atoms with Crippen molar-refractivity contribution in [3.63, 3.8) is 0 Å². The molecule has 0 amide bonds. The fourth-order valence-corrected chi connectivity index (χ4v) is 3.02. The molecule has 1 aliphatic rings. The second kappa shape index (κ2) is 7.35. The first-order chi connectivity index (χ1) is 11.7. The van der Waals surface area contributed by atoms with Gasteiger partial charge in [-0.15, -0.1) is 0 Å². The highest BCUT2D eigenvalue weighted by atomic mass is 16.5. The molecule has 0 radical (unpaired) electrons.